The predicted molar refractivity (Wildman–Crippen MR) is 123 cm³/mol. The third-order valence-electron chi connectivity index (χ3n) is 4.68. The van der Waals surface area contributed by atoms with Gasteiger partial charge in [0.15, 0.2) is 0 Å². The molecule has 4 aromatic rings. The first kappa shape index (κ1) is 23.6. The van der Waals surface area contributed by atoms with Crippen LogP contribution in [0.1, 0.15) is 0 Å². The standard InChI is InChI=1S/C24H20NO2P2.K/c26-28(21-13-5-1-6-14-21,22-15-7-2-8-16-22)25-29(27,23-17-9-3-10-18-23)24-19-11-4-12-20-24;/h1-20H;/q-1;+1. The van der Waals surface area contributed by atoms with Gasteiger partial charge in [-0.1, -0.05) is 121 Å². The summed E-state index contributed by atoms with van der Waals surface area (Å²) in [6.07, 6.45) is 0. The van der Waals surface area contributed by atoms with E-state index in [0.717, 1.165) is 0 Å². The third kappa shape index (κ3) is 4.88. The van der Waals surface area contributed by atoms with Gasteiger partial charge in [-0.2, -0.15) is 0 Å². The molecule has 0 aliphatic rings. The van der Waals surface area contributed by atoms with E-state index < -0.39 is 14.6 Å². The molecule has 144 valence electrons. The number of hydrogen-bond acceptors (Lipinski definition) is 2. The van der Waals surface area contributed by atoms with Crippen LogP contribution in [0.3, 0.4) is 0 Å². The van der Waals surface area contributed by atoms with E-state index in [4.69, 9.17) is 4.86 Å². The average Bonchev–Trinajstić information content (AvgIpc) is 2.81. The van der Waals surface area contributed by atoms with Crippen LogP contribution in [0.2, 0.25) is 0 Å². The molecule has 0 spiro atoms. The first-order valence-electron chi connectivity index (χ1n) is 9.30. The van der Waals surface area contributed by atoms with E-state index in [2.05, 4.69) is 0 Å². The van der Waals surface area contributed by atoms with Crippen molar-refractivity contribution in [3.63, 3.8) is 0 Å². The minimum atomic E-state index is -3.51. The first-order valence-corrected chi connectivity index (χ1v) is 12.6. The molecule has 3 nitrogen and oxygen atoms in total. The number of benzene rings is 4. The van der Waals surface area contributed by atoms with Crippen molar-refractivity contribution in [2.24, 2.45) is 0 Å². The molecule has 0 bridgehead atoms. The van der Waals surface area contributed by atoms with Crippen LogP contribution in [0.5, 0.6) is 0 Å². The van der Waals surface area contributed by atoms with Crippen molar-refractivity contribution in [3.8, 4) is 0 Å². The molecule has 0 atom stereocenters. The second-order valence-corrected chi connectivity index (χ2v) is 11.7. The summed E-state index contributed by atoms with van der Waals surface area (Å²) in [6, 6.07) is 36.4. The second kappa shape index (κ2) is 10.5. The monoisotopic (exact) mass is 455 g/mol. The van der Waals surface area contributed by atoms with Crippen LogP contribution < -0.4 is 72.6 Å². The van der Waals surface area contributed by atoms with Crippen LogP contribution in [0, 0.1) is 0 Å². The van der Waals surface area contributed by atoms with E-state index in [1.54, 1.807) is 48.5 Å². The SMILES string of the molecule is O=P([N-]P(=O)(c1ccccc1)c1ccccc1)(c1ccccc1)c1ccccc1.[K+]. The molecule has 0 saturated heterocycles. The predicted octanol–water partition coefficient (Wildman–Crippen LogP) is 2.22. The smallest absolute Gasteiger partial charge is 0.529 e. The summed E-state index contributed by atoms with van der Waals surface area (Å²) in [5, 5.41) is 2.27. The molecule has 0 fully saturated rings. The summed E-state index contributed by atoms with van der Waals surface area (Å²) in [5.41, 5.74) is 0. The third-order valence-corrected chi connectivity index (χ3v) is 10.7. The Hall–Kier alpha value is -1.06. The van der Waals surface area contributed by atoms with Crippen molar-refractivity contribution in [1.82, 2.24) is 0 Å². The Morgan fingerprint density at radius 3 is 0.800 bits per heavy atom. The summed E-state index contributed by atoms with van der Waals surface area (Å²) in [5.74, 6) is 0. The molecule has 0 aliphatic carbocycles. The van der Waals surface area contributed by atoms with E-state index >= 15 is 0 Å². The van der Waals surface area contributed by atoms with Crippen LogP contribution in [0.4, 0.5) is 0 Å². The van der Waals surface area contributed by atoms with Crippen molar-refractivity contribution >= 4 is 35.8 Å². The van der Waals surface area contributed by atoms with Crippen molar-refractivity contribution in [2.45, 2.75) is 0 Å². The largest absolute Gasteiger partial charge is 1.00 e. The Balaban J connectivity index is 0.00000256. The molecule has 0 saturated carbocycles. The number of rotatable bonds is 6. The van der Waals surface area contributed by atoms with E-state index in [1.165, 1.54) is 0 Å². The maximum Gasteiger partial charge on any atom is 1.00 e. The Kier molecular flexibility index (Phi) is 8.26. The normalized spacial score (nSPS) is 11.5. The summed E-state index contributed by atoms with van der Waals surface area (Å²) in [4.78, 5) is 4.73. The summed E-state index contributed by atoms with van der Waals surface area (Å²) in [7, 11) is -7.03. The summed E-state index contributed by atoms with van der Waals surface area (Å²) < 4.78 is 28.9. The molecule has 0 heterocycles. The Morgan fingerprint density at radius 2 is 0.600 bits per heavy atom. The van der Waals surface area contributed by atoms with E-state index in [0.29, 0.717) is 21.2 Å². The van der Waals surface area contributed by atoms with Crippen molar-refractivity contribution in [3.05, 3.63) is 126 Å². The fraction of sp³-hybridized carbons (Fsp3) is 0. The molecule has 6 heteroatoms. The van der Waals surface area contributed by atoms with Crippen LogP contribution >= 0.6 is 14.6 Å². The maximum absolute atomic E-state index is 14.4. The van der Waals surface area contributed by atoms with Crippen LogP contribution in [0.25, 0.3) is 4.86 Å². The van der Waals surface area contributed by atoms with Gasteiger partial charge in [-0.3, -0.25) is 0 Å². The van der Waals surface area contributed by atoms with Crippen molar-refractivity contribution in [2.75, 3.05) is 0 Å². The number of hydrogen-bond donors (Lipinski definition) is 0. The fourth-order valence-electron chi connectivity index (χ4n) is 3.20. The van der Waals surface area contributed by atoms with E-state index in [9.17, 15) is 9.13 Å². The van der Waals surface area contributed by atoms with Crippen LogP contribution in [-0.4, -0.2) is 0 Å². The van der Waals surface area contributed by atoms with Crippen LogP contribution in [0.15, 0.2) is 121 Å². The maximum atomic E-state index is 14.4. The minimum Gasteiger partial charge on any atom is -0.529 e. The molecule has 0 radical (unpaired) electrons. The Labute approximate surface area is 220 Å². The summed E-state index contributed by atoms with van der Waals surface area (Å²) in [6.45, 7) is 0. The molecular formula is C24H20KNO2P2. The molecule has 0 aliphatic heterocycles. The zero-order valence-electron chi connectivity index (χ0n) is 16.7. The molecule has 0 aromatic heterocycles. The van der Waals surface area contributed by atoms with Crippen LogP contribution in [-0.2, 0) is 9.13 Å². The van der Waals surface area contributed by atoms with Gasteiger partial charge in [-0.05, 0) is 21.2 Å². The minimum absolute atomic E-state index is 0. The number of nitrogens with zero attached hydrogens (tertiary/aromatic N) is 1. The van der Waals surface area contributed by atoms with Gasteiger partial charge >= 0.3 is 51.4 Å². The molecule has 4 rings (SSSR count). The molecular weight excluding hydrogens is 435 g/mol. The van der Waals surface area contributed by atoms with Crippen molar-refractivity contribution in [1.29, 1.82) is 0 Å². The van der Waals surface area contributed by atoms with Crippen molar-refractivity contribution < 1.29 is 60.5 Å². The second-order valence-electron chi connectivity index (χ2n) is 6.58. The quantitative estimate of drug-likeness (QED) is 0.331. The Morgan fingerprint density at radius 1 is 0.400 bits per heavy atom. The van der Waals surface area contributed by atoms with Gasteiger partial charge in [0.2, 0.25) is 0 Å². The van der Waals surface area contributed by atoms with E-state index in [-0.39, 0.29) is 51.4 Å². The van der Waals surface area contributed by atoms with Gasteiger partial charge in [0.25, 0.3) is 0 Å². The van der Waals surface area contributed by atoms with E-state index in [1.807, 2.05) is 72.8 Å². The molecule has 0 amide bonds. The Bertz CT molecular complexity index is 989. The average molecular weight is 455 g/mol. The van der Waals surface area contributed by atoms with Gasteiger partial charge in [0.05, 0.1) is 14.6 Å². The molecule has 30 heavy (non-hydrogen) atoms. The first-order chi connectivity index (χ1) is 14.1. The molecule has 4 aromatic carbocycles. The van der Waals surface area contributed by atoms with Gasteiger partial charge in [0.1, 0.15) is 0 Å². The molecule has 0 N–H and O–H groups in total. The van der Waals surface area contributed by atoms with Gasteiger partial charge < -0.3 is 14.0 Å². The topological polar surface area (TPSA) is 48.2 Å². The van der Waals surface area contributed by atoms with Gasteiger partial charge in [0, 0.05) is 0 Å². The fourth-order valence-corrected chi connectivity index (χ4v) is 9.18. The summed E-state index contributed by atoms with van der Waals surface area (Å²) >= 11 is 0. The zero-order valence-corrected chi connectivity index (χ0v) is 21.6. The molecule has 0 unspecified atom stereocenters. The van der Waals surface area contributed by atoms with Gasteiger partial charge in [-0.15, -0.1) is 0 Å². The zero-order chi connectivity index (χ0) is 20.2. The van der Waals surface area contributed by atoms with Gasteiger partial charge in [-0.25, -0.2) is 0 Å².